The lowest BCUT2D eigenvalue weighted by Crippen LogP contribution is -2.38. The number of halogens is 1. The average Bonchev–Trinajstić information content (AvgIpc) is 2.65. The quantitative estimate of drug-likeness (QED) is 0.768. The Morgan fingerprint density at radius 2 is 1.84 bits per heavy atom. The van der Waals surface area contributed by atoms with E-state index in [9.17, 15) is 4.79 Å². The van der Waals surface area contributed by atoms with E-state index >= 15 is 0 Å². The molecule has 0 fully saturated rings. The number of methoxy groups -OCH3 is 1. The van der Waals surface area contributed by atoms with E-state index in [4.69, 9.17) is 16.3 Å². The summed E-state index contributed by atoms with van der Waals surface area (Å²) in [4.78, 5) is 15.0. The van der Waals surface area contributed by atoms with Crippen molar-refractivity contribution in [3.63, 3.8) is 0 Å². The molecule has 2 aromatic rings. The molecule has 0 aromatic heterocycles. The second-order valence-electron chi connectivity index (χ2n) is 5.70. The van der Waals surface area contributed by atoms with E-state index < -0.39 is 0 Å². The molecule has 2 aromatic carbocycles. The lowest BCUT2D eigenvalue weighted by atomic mass is 10.0. The first-order chi connectivity index (χ1) is 12.1. The third-order valence-electron chi connectivity index (χ3n) is 4.30. The summed E-state index contributed by atoms with van der Waals surface area (Å²) < 4.78 is 5.27. The SMILES string of the molecule is CCN(CC)C(CNC(=O)c1cc(Cl)ccc1OC)c1ccccc1. The van der Waals surface area contributed by atoms with Gasteiger partial charge in [-0.05, 0) is 36.9 Å². The van der Waals surface area contributed by atoms with E-state index in [-0.39, 0.29) is 11.9 Å². The van der Waals surface area contributed by atoms with Crippen LogP contribution in [0.2, 0.25) is 5.02 Å². The molecule has 1 amide bonds. The zero-order valence-corrected chi connectivity index (χ0v) is 15.7. The van der Waals surface area contributed by atoms with Gasteiger partial charge in [0.2, 0.25) is 0 Å². The number of hydrogen-bond acceptors (Lipinski definition) is 3. The Kier molecular flexibility index (Phi) is 7.29. The fraction of sp³-hybridized carbons (Fsp3) is 0.350. The van der Waals surface area contributed by atoms with Crippen LogP contribution in [0.25, 0.3) is 0 Å². The summed E-state index contributed by atoms with van der Waals surface area (Å²) in [5.41, 5.74) is 1.63. The second-order valence-corrected chi connectivity index (χ2v) is 6.14. The Morgan fingerprint density at radius 3 is 2.44 bits per heavy atom. The van der Waals surface area contributed by atoms with E-state index in [0.717, 1.165) is 13.1 Å². The Bertz CT molecular complexity index is 687. The highest BCUT2D eigenvalue weighted by atomic mass is 35.5. The Morgan fingerprint density at radius 1 is 1.16 bits per heavy atom. The van der Waals surface area contributed by atoms with Gasteiger partial charge in [-0.1, -0.05) is 55.8 Å². The van der Waals surface area contributed by atoms with Gasteiger partial charge in [-0.3, -0.25) is 9.69 Å². The number of carbonyl (C=O) groups is 1. The van der Waals surface area contributed by atoms with Gasteiger partial charge in [-0.2, -0.15) is 0 Å². The summed E-state index contributed by atoms with van der Waals surface area (Å²) in [5.74, 6) is 0.327. The van der Waals surface area contributed by atoms with Gasteiger partial charge >= 0.3 is 0 Å². The Hall–Kier alpha value is -2.04. The third kappa shape index (κ3) is 4.97. The second kappa shape index (κ2) is 9.44. The number of likely N-dealkylation sites (N-methyl/N-ethyl adjacent to an activating group) is 1. The fourth-order valence-corrected chi connectivity index (χ4v) is 3.11. The molecule has 1 unspecified atom stereocenters. The molecule has 25 heavy (non-hydrogen) atoms. The topological polar surface area (TPSA) is 41.6 Å². The van der Waals surface area contributed by atoms with Crippen molar-refractivity contribution in [2.75, 3.05) is 26.7 Å². The summed E-state index contributed by atoms with van der Waals surface area (Å²) >= 11 is 6.03. The molecule has 0 aliphatic heterocycles. The molecular weight excluding hydrogens is 336 g/mol. The van der Waals surface area contributed by atoms with E-state index in [2.05, 4.69) is 36.2 Å². The van der Waals surface area contributed by atoms with Crippen LogP contribution in [0.4, 0.5) is 0 Å². The van der Waals surface area contributed by atoms with Crippen molar-refractivity contribution in [3.05, 3.63) is 64.7 Å². The zero-order valence-electron chi connectivity index (χ0n) is 15.0. The number of rotatable bonds is 8. The molecule has 0 saturated carbocycles. The van der Waals surface area contributed by atoms with Crippen LogP contribution in [-0.4, -0.2) is 37.6 Å². The first-order valence-corrected chi connectivity index (χ1v) is 8.89. The largest absolute Gasteiger partial charge is 0.496 e. The minimum atomic E-state index is -0.188. The van der Waals surface area contributed by atoms with E-state index in [1.807, 2.05) is 18.2 Å². The summed E-state index contributed by atoms with van der Waals surface area (Å²) in [7, 11) is 1.54. The highest BCUT2D eigenvalue weighted by molar-refractivity contribution is 6.31. The standard InChI is InChI=1S/C20H25ClN2O2/c1-4-23(5-2)18(15-9-7-6-8-10-15)14-22-20(24)17-13-16(21)11-12-19(17)25-3/h6-13,18H,4-5,14H2,1-3H3,(H,22,24). The average molecular weight is 361 g/mol. The molecule has 5 heteroatoms. The molecule has 0 aliphatic carbocycles. The number of carbonyl (C=O) groups excluding carboxylic acids is 1. The molecule has 134 valence electrons. The van der Waals surface area contributed by atoms with Crippen LogP contribution >= 0.6 is 11.6 Å². The molecule has 1 N–H and O–H groups in total. The Labute approximate surface area is 154 Å². The zero-order chi connectivity index (χ0) is 18.2. The van der Waals surface area contributed by atoms with Crippen molar-refractivity contribution in [2.24, 2.45) is 0 Å². The van der Waals surface area contributed by atoms with Crippen LogP contribution in [-0.2, 0) is 0 Å². The number of ether oxygens (including phenoxy) is 1. The van der Waals surface area contributed by atoms with Gasteiger partial charge in [0, 0.05) is 11.6 Å². The number of hydrogen-bond donors (Lipinski definition) is 1. The van der Waals surface area contributed by atoms with Gasteiger partial charge in [0.15, 0.2) is 0 Å². The molecule has 0 spiro atoms. The lowest BCUT2D eigenvalue weighted by molar-refractivity contribution is 0.0932. The fourth-order valence-electron chi connectivity index (χ4n) is 2.94. The molecule has 1 atom stereocenters. The molecular formula is C20H25ClN2O2. The summed E-state index contributed by atoms with van der Waals surface area (Å²) in [6.07, 6.45) is 0. The van der Waals surface area contributed by atoms with E-state index in [0.29, 0.717) is 22.9 Å². The van der Waals surface area contributed by atoms with Gasteiger partial charge in [0.05, 0.1) is 18.7 Å². The predicted octanol–water partition coefficient (Wildman–Crippen LogP) is 4.16. The maximum atomic E-state index is 12.6. The maximum Gasteiger partial charge on any atom is 0.255 e. The number of nitrogens with zero attached hydrogens (tertiary/aromatic N) is 1. The molecule has 4 nitrogen and oxygen atoms in total. The van der Waals surface area contributed by atoms with Crippen molar-refractivity contribution in [2.45, 2.75) is 19.9 Å². The normalized spacial score (nSPS) is 12.0. The van der Waals surface area contributed by atoms with Crippen molar-refractivity contribution in [1.29, 1.82) is 0 Å². The van der Waals surface area contributed by atoms with Gasteiger partial charge in [-0.15, -0.1) is 0 Å². The van der Waals surface area contributed by atoms with Crippen LogP contribution < -0.4 is 10.1 Å². The van der Waals surface area contributed by atoms with Gasteiger partial charge in [0.25, 0.3) is 5.91 Å². The number of benzene rings is 2. The van der Waals surface area contributed by atoms with Gasteiger partial charge in [0.1, 0.15) is 5.75 Å². The van der Waals surface area contributed by atoms with E-state index in [1.54, 1.807) is 25.3 Å². The smallest absolute Gasteiger partial charge is 0.255 e. The predicted molar refractivity (Wildman–Crippen MR) is 102 cm³/mol. The summed E-state index contributed by atoms with van der Waals surface area (Å²) in [6.45, 7) is 6.58. The minimum Gasteiger partial charge on any atom is -0.496 e. The molecule has 0 heterocycles. The molecule has 0 saturated heterocycles. The molecule has 0 bridgehead atoms. The van der Waals surface area contributed by atoms with Crippen LogP contribution in [0, 0.1) is 0 Å². The van der Waals surface area contributed by atoms with Crippen LogP contribution in [0.5, 0.6) is 5.75 Å². The first-order valence-electron chi connectivity index (χ1n) is 8.51. The highest BCUT2D eigenvalue weighted by Crippen LogP contribution is 2.23. The number of nitrogens with one attached hydrogen (secondary N) is 1. The molecule has 0 aliphatic rings. The summed E-state index contributed by atoms with van der Waals surface area (Å²) in [6, 6.07) is 15.4. The molecule has 0 radical (unpaired) electrons. The van der Waals surface area contributed by atoms with E-state index in [1.165, 1.54) is 5.56 Å². The number of amides is 1. The lowest BCUT2D eigenvalue weighted by Gasteiger charge is -2.30. The summed E-state index contributed by atoms with van der Waals surface area (Å²) in [5, 5.41) is 3.54. The van der Waals surface area contributed by atoms with Crippen molar-refractivity contribution >= 4 is 17.5 Å². The van der Waals surface area contributed by atoms with Crippen molar-refractivity contribution in [1.82, 2.24) is 10.2 Å². The molecule has 2 rings (SSSR count). The third-order valence-corrected chi connectivity index (χ3v) is 4.53. The van der Waals surface area contributed by atoms with Crippen LogP contribution in [0.1, 0.15) is 35.8 Å². The van der Waals surface area contributed by atoms with Gasteiger partial charge < -0.3 is 10.1 Å². The highest BCUT2D eigenvalue weighted by Gasteiger charge is 2.20. The Balaban J connectivity index is 2.18. The minimum absolute atomic E-state index is 0.116. The maximum absolute atomic E-state index is 12.6. The first kappa shape index (κ1) is 19.3. The van der Waals surface area contributed by atoms with Crippen molar-refractivity contribution in [3.8, 4) is 5.75 Å². The van der Waals surface area contributed by atoms with Crippen LogP contribution in [0.15, 0.2) is 48.5 Å². The van der Waals surface area contributed by atoms with Crippen LogP contribution in [0.3, 0.4) is 0 Å². The van der Waals surface area contributed by atoms with Gasteiger partial charge in [-0.25, -0.2) is 0 Å². The van der Waals surface area contributed by atoms with Crippen molar-refractivity contribution < 1.29 is 9.53 Å². The monoisotopic (exact) mass is 360 g/mol.